The van der Waals surface area contributed by atoms with Crippen molar-refractivity contribution in [3.63, 3.8) is 0 Å². The van der Waals surface area contributed by atoms with Gasteiger partial charge in [-0.3, -0.25) is 0 Å². The third kappa shape index (κ3) is 3.87. The molecule has 0 unspecified atom stereocenters. The summed E-state index contributed by atoms with van der Waals surface area (Å²) >= 11 is 3.39. The van der Waals surface area contributed by atoms with Crippen molar-refractivity contribution in [3.8, 4) is 0 Å². The fourth-order valence-electron chi connectivity index (χ4n) is 3.64. The number of hydrogen-bond acceptors (Lipinski definition) is 1. The molecule has 0 aliphatic heterocycles. The van der Waals surface area contributed by atoms with Gasteiger partial charge in [0.05, 0.1) is 4.47 Å². The van der Waals surface area contributed by atoms with Crippen molar-refractivity contribution in [2.75, 3.05) is 6.54 Å². The molecule has 1 saturated carbocycles. The Morgan fingerprint density at radius 2 is 1.90 bits per heavy atom. The van der Waals surface area contributed by atoms with Gasteiger partial charge < -0.3 is 5.73 Å². The summed E-state index contributed by atoms with van der Waals surface area (Å²) in [7, 11) is 0. The summed E-state index contributed by atoms with van der Waals surface area (Å²) in [6.07, 6.45) is 5.63. The lowest BCUT2D eigenvalue weighted by molar-refractivity contribution is 0.0925. The van der Waals surface area contributed by atoms with Crippen LogP contribution < -0.4 is 5.73 Å². The smallest absolute Gasteiger partial charge is 0.137 e. The average Bonchev–Trinajstić information content (AvgIpc) is 2.43. The van der Waals surface area contributed by atoms with E-state index in [4.69, 9.17) is 5.73 Å². The van der Waals surface area contributed by atoms with Crippen molar-refractivity contribution < 1.29 is 4.39 Å². The number of halogens is 2. The molecule has 0 heterocycles. The van der Waals surface area contributed by atoms with Gasteiger partial charge in [-0.25, -0.2) is 4.39 Å². The minimum absolute atomic E-state index is 0.137. The first-order valence-corrected chi connectivity index (χ1v) is 8.70. The predicted molar refractivity (Wildman–Crippen MR) is 90.7 cm³/mol. The van der Waals surface area contributed by atoms with Crippen LogP contribution >= 0.6 is 15.9 Å². The summed E-state index contributed by atoms with van der Waals surface area (Å²) < 4.78 is 14.3. The van der Waals surface area contributed by atoms with Gasteiger partial charge in [-0.2, -0.15) is 0 Å². The Morgan fingerprint density at radius 3 is 2.43 bits per heavy atom. The highest BCUT2D eigenvalue weighted by Crippen LogP contribution is 2.47. The first-order valence-electron chi connectivity index (χ1n) is 7.90. The highest BCUT2D eigenvalue weighted by atomic mass is 79.9. The van der Waals surface area contributed by atoms with Crippen LogP contribution in [0.15, 0.2) is 22.7 Å². The Hall–Kier alpha value is -0.410. The van der Waals surface area contributed by atoms with Crippen LogP contribution in [-0.2, 0) is 6.42 Å². The van der Waals surface area contributed by atoms with E-state index in [9.17, 15) is 4.39 Å². The Bertz CT molecular complexity index is 484. The summed E-state index contributed by atoms with van der Waals surface area (Å²) in [6.45, 7) is 7.68. The third-order valence-corrected chi connectivity index (χ3v) is 6.19. The lowest BCUT2D eigenvalue weighted by atomic mass is 9.62. The average molecular weight is 356 g/mol. The Labute approximate surface area is 136 Å². The van der Waals surface area contributed by atoms with E-state index in [1.165, 1.54) is 18.9 Å². The van der Waals surface area contributed by atoms with Crippen LogP contribution in [0.2, 0.25) is 0 Å². The molecule has 0 spiro atoms. The maximum Gasteiger partial charge on any atom is 0.137 e. The summed E-state index contributed by atoms with van der Waals surface area (Å²) in [4.78, 5) is 0. The van der Waals surface area contributed by atoms with Gasteiger partial charge in [-0.05, 0) is 83.0 Å². The monoisotopic (exact) mass is 355 g/mol. The van der Waals surface area contributed by atoms with E-state index in [1.54, 1.807) is 6.07 Å². The zero-order chi connectivity index (χ0) is 15.7. The molecule has 0 saturated heterocycles. The molecule has 0 amide bonds. The fraction of sp³-hybridized carbons (Fsp3) is 0.667. The molecule has 1 aromatic carbocycles. The van der Waals surface area contributed by atoms with Crippen LogP contribution in [0.5, 0.6) is 0 Å². The zero-order valence-electron chi connectivity index (χ0n) is 13.4. The van der Waals surface area contributed by atoms with Gasteiger partial charge in [0, 0.05) is 0 Å². The molecule has 21 heavy (non-hydrogen) atoms. The van der Waals surface area contributed by atoms with Crippen LogP contribution in [0.3, 0.4) is 0 Å². The summed E-state index contributed by atoms with van der Waals surface area (Å²) in [5.41, 5.74) is 7.68. The van der Waals surface area contributed by atoms with Gasteiger partial charge in [0.15, 0.2) is 0 Å². The normalized spacial score (nSPS) is 26.9. The number of benzene rings is 1. The van der Waals surface area contributed by atoms with Crippen LogP contribution in [0.4, 0.5) is 4.39 Å². The standard InChI is InChI=1S/C18H27BrFN/c1-17(2,3)14-7-9-18(12-21,10-8-14)11-13-5-4-6-15(20)16(13)19/h4-6,14H,7-12,21H2,1-3H3. The van der Waals surface area contributed by atoms with Crippen LogP contribution in [0, 0.1) is 22.6 Å². The van der Waals surface area contributed by atoms with Crippen LogP contribution in [0.25, 0.3) is 0 Å². The van der Waals surface area contributed by atoms with E-state index in [0.717, 1.165) is 30.7 Å². The number of hydrogen-bond donors (Lipinski definition) is 1. The quantitative estimate of drug-likeness (QED) is 0.780. The predicted octanol–water partition coefficient (Wildman–Crippen LogP) is 5.31. The summed E-state index contributed by atoms with van der Waals surface area (Å²) in [5.74, 6) is 0.594. The molecule has 0 aromatic heterocycles. The first kappa shape index (κ1) is 17.0. The molecule has 1 aliphatic carbocycles. The van der Waals surface area contributed by atoms with Crippen molar-refractivity contribution in [1.29, 1.82) is 0 Å². The van der Waals surface area contributed by atoms with E-state index in [2.05, 4.69) is 36.7 Å². The molecular formula is C18H27BrFN. The molecule has 118 valence electrons. The van der Waals surface area contributed by atoms with Gasteiger partial charge in [-0.1, -0.05) is 32.9 Å². The highest BCUT2D eigenvalue weighted by molar-refractivity contribution is 9.10. The van der Waals surface area contributed by atoms with E-state index in [0.29, 0.717) is 16.4 Å². The summed E-state index contributed by atoms with van der Waals surface area (Å²) in [5, 5.41) is 0. The molecule has 1 aliphatic rings. The second kappa shape index (κ2) is 6.37. The van der Waals surface area contributed by atoms with E-state index >= 15 is 0 Å². The van der Waals surface area contributed by atoms with Crippen molar-refractivity contribution >= 4 is 15.9 Å². The highest BCUT2D eigenvalue weighted by Gasteiger charge is 2.38. The zero-order valence-corrected chi connectivity index (χ0v) is 15.0. The second-order valence-corrected chi connectivity index (χ2v) is 8.53. The van der Waals surface area contributed by atoms with Gasteiger partial charge in [-0.15, -0.1) is 0 Å². The summed E-state index contributed by atoms with van der Waals surface area (Å²) in [6, 6.07) is 5.31. The maximum atomic E-state index is 13.7. The van der Waals surface area contributed by atoms with Gasteiger partial charge >= 0.3 is 0 Å². The lowest BCUT2D eigenvalue weighted by Crippen LogP contribution is -2.39. The van der Waals surface area contributed by atoms with Gasteiger partial charge in [0.1, 0.15) is 5.82 Å². The van der Waals surface area contributed by atoms with Crippen LogP contribution in [-0.4, -0.2) is 6.54 Å². The molecule has 0 atom stereocenters. The molecule has 1 aromatic rings. The number of rotatable bonds is 3. The molecule has 0 radical (unpaired) electrons. The van der Waals surface area contributed by atoms with E-state index < -0.39 is 0 Å². The van der Waals surface area contributed by atoms with Crippen molar-refractivity contribution in [2.24, 2.45) is 22.5 Å². The van der Waals surface area contributed by atoms with E-state index in [-0.39, 0.29) is 11.2 Å². The topological polar surface area (TPSA) is 26.0 Å². The molecule has 1 fully saturated rings. The second-order valence-electron chi connectivity index (χ2n) is 7.73. The third-order valence-electron chi connectivity index (χ3n) is 5.30. The minimum atomic E-state index is -0.178. The Morgan fingerprint density at radius 1 is 1.29 bits per heavy atom. The van der Waals surface area contributed by atoms with Crippen LogP contribution in [0.1, 0.15) is 52.0 Å². The Kier molecular flexibility index (Phi) is 5.15. The lowest BCUT2D eigenvalue weighted by Gasteiger charge is -2.44. The Balaban J connectivity index is 2.12. The minimum Gasteiger partial charge on any atom is -0.330 e. The SMILES string of the molecule is CC(C)(C)C1CCC(CN)(Cc2cccc(F)c2Br)CC1. The maximum absolute atomic E-state index is 13.7. The first-order chi connectivity index (χ1) is 9.77. The van der Waals surface area contributed by atoms with Crippen molar-refractivity contribution in [2.45, 2.75) is 52.9 Å². The van der Waals surface area contributed by atoms with Crippen molar-refractivity contribution in [1.82, 2.24) is 0 Å². The number of nitrogens with two attached hydrogens (primary N) is 1. The largest absolute Gasteiger partial charge is 0.330 e. The molecule has 2 rings (SSSR count). The fourth-order valence-corrected chi connectivity index (χ4v) is 4.04. The molecule has 1 nitrogen and oxygen atoms in total. The van der Waals surface area contributed by atoms with Gasteiger partial charge in [0.2, 0.25) is 0 Å². The van der Waals surface area contributed by atoms with Gasteiger partial charge in [0.25, 0.3) is 0 Å². The van der Waals surface area contributed by atoms with Crippen molar-refractivity contribution in [3.05, 3.63) is 34.1 Å². The molecule has 2 N–H and O–H groups in total. The van der Waals surface area contributed by atoms with E-state index in [1.807, 2.05) is 6.07 Å². The molecular weight excluding hydrogens is 329 g/mol. The molecule has 3 heteroatoms. The molecule has 0 bridgehead atoms.